The Bertz CT molecular complexity index is 1260. The molecule has 5 rings (SSSR count). The first-order valence-electron chi connectivity index (χ1n) is 11.5. The first kappa shape index (κ1) is 23.0. The van der Waals surface area contributed by atoms with Gasteiger partial charge in [-0.25, -0.2) is 4.79 Å². The molecule has 4 aromatic rings. The molecule has 0 N–H and O–H groups in total. The van der Waals surface area contributed by atoms with Gasteiger partial charge in [-0.3, -0.25) is 0 Å². The minimum atomic E-state index is -0.581. The van der Waals surface area contributed by atoms with Crippen LogP contribution in [0.1, 0.15) is 6.92 Å². The lowest BCUT2D eigenvalue weighted by Crippen LogP contribution is -2.16. The minimum absolute atomic E-state index is 0.0643. The van der Waals surface area contributed by atoms with Crippen molar-refractivity contribution in [3.05, 3.63) is 97.1 Å². The molecule has 178 valence electrons. The molecule has 0 aromatic heterocycles. The van der Waals surface area contributed by atoms with Crippen molar-refractivity contribution in [1.82, 2.24) is 0 Å². The average Bonchev–Trinajstić information content (AvgIpc) is 3.23. The molecule has 0 amide bonds. The Morgan fingerprint density at radius 1 is 0.714 bits per heavy atom. The number of esters is 1. The number of fused-ring (bicyclic) bond motifs is 3. The average molecular weight is 487 g/mol. The molecule has 0 atom stereocenters. The highest BCUT2D eigenvalue weighted by Gasteiger charge is 2.26. The van der Waals surface area contributed by atoms with Gasteiger partial charge in [-0.15, -0.1) is 0 Å². The van der Waals surface area contributed by atoms with Crippen LogP contribution in [0, 0.1) is 0 Å². The molecule has 0 unspecified atom stereocenters. The van der Waals surface area contributed by atoms with Crippen molar-refractivity contribution in [2.45, 2.75) is 21.6 Å². The van der Waals surface area contributed by atoms with Crippen molar-refractivity contribution in [2.75, 3.05) is 20.0 Å². The SMILES string of the molecule is CCOCOC(=O)COc1ccc(Oc2ccc([SH]3c4ccccc4-c4ccccc43)cc2)cc1. The fraction of sp³-hybridized carbons (Fsp3) is 0.138. The number of thiol groups is 1. The largest absolute Gasteiger partial charge is 0.482 e. The zero-order valence-electron chi connectivity index (χ0n) is 19.3. The molecule has 0 radical (unpaired) electrons. The van der Waals surface area contributed by atoms with Crippen LogP contribution in [-0.4, -0.2) is 26.0 Å². The van der Waals surface area contributed by atoms with E-state index >= 15 is 0 Å². The van der Waals surface area contributed by atoms with E-state index < -0.39 is 16.9 Å². The predicted molar refractivity (Wildman–Crippen MR) is 137 cm³/mol. The molecule has 1 aliphatic heterocycles. The topological polar surface area (TPSA) is 54.0 Å². The Morgan fingerprint density at radius 2 is 1.26 bits per heavy atom. The lowest BCUT2D eigenvalue weighted by Gasteiger charge is -2.19. The zero-order chi connectivity index (χ0) is 24.0. The number of carbonyl (C=O) groups is 1. The Balaban J connectivity index is 1.23. The van der Waals surface area contributed by atoms with Crippen molar-refractivity contribution in [1.29, 1.82) is 0 Å². The number of carbonyl (C=O) groups excluding carboxylic acids is 1. The van der Waals surface area contributed by atoms with Gasteiger partial charge in [0, 0.05) is 16.4 Å². The highest BCUT2D eigenvalue weighted by molar-refractivity contribution is 8.17. The summed E-state index contributed by atoms with van der Waals surface area (Å²) in [4.78, 5) is 15.7. The highest BCUT2D eigenvalue weighted by atomic mass is 32.2. The molecule has 1 heterocycles. The summed E-state index contributed by atoms with van der Waals surface area (Å²) in [5.74, 6) is 1.53. The summed E-state index contributed by atoms with van der Waals surface area (Å²) >= 11 is 0. The van der Waals surface area contributed by atoms with Crippen LogP contribution in [0.25, 0.3) is 11.1 Å². The maximum Gasteiger partial charge on any atom is 0.346 e. The first-order chi connectivity index (χ1) is 17.2. The molecular weight excluding hydrogens is 460 g/mol. The van der Waals surface area contributed by atoms with E-state index in [0.717, 1.165) is 5.75 Å². The summed E-state index contributed by atoms with van der Waals surface area (Å²) in [6, 6.07) is 32.8. The maximum atomic E-state index is 11.6. The monoisotopic (exact) mass is 486 g/mol. The minimum Gasteiger partial charge on any atom is -0.482 e. The highest BCUT2D eigenvalue weighted by Crippen LogP contribution is 2.62. The van der Waals surface area contributed by atoms with Gasteiger partial charge in [0.1, 0.15) is 17.2 Å². The normalized spacial score (nSPS) is 12.5. The van der Waals surface area contributed by atoms with E-state index in [9.17, 15) is 4.79 Å². The van der Waals surface area contributed by atoms with Crippen molar-refractivity contribution in [3.63, 3.8) is 0 Å². The van der Waals surface area contributed by atoms with Crippen LogP contribution in [0.15, 0.2) is 112 Å². The lowest BCUT2D eigenvalue weighted by atomic mass is 10.1. The molecule has 0 saturated carbocycles. The Labute approximate surface area is 207 Å². The smallest absolute Gasteiger partial charge is 0.346 e. The van der Waals surface area contributed by atoms with Crippen LogP contribution in [0.2, 0.25) is 0 Å². The number of ether oxygens (including phenoxy) is 4. The zero-order valence-corrected chi connectivity index (χ0v) is 20.2. The van der Waals surface area contributed by atoms with E-state index in [2.05, 4.69) is 60.7 Å². The van der Waals surface area contributed by atoms with Crippen LogP contribution < -0.4 is 9.47 Å². The van der Waals surface area contributed by atoms with E-state index in [1.165, 1.54) is 25.8 Å². The maximum absolute atomic E-state index is 11.6. The van der Waals surface area contributed by atoms with Crippen LogP contribution in [0.5, 0.6) is 17.2 Å². The Kier molecular flexibility index (Phi) is 7.02. The van der Waals surface area contributed by atoms with Gasteiger partial charge in [0.2, 0.25) is 0 Å². The van der Waals surface area contributed by atoms with E-state index in [-0.39, 0.29) is 13.4 Å². The van der Waals surface area contributed by atoms with Crippen molar-refractivity contribution in [3.8, 4) is 28.4 Å². The third-order valence-corrected chi connectivity index (χ3v) is 8.16. The molecule has 35 heavy (non-hydrogen) atoms. The van der Waals surface area contributed by atoms with Gasteiger partial charge in [-0.1, -0.05) is 36.4 Å². The van der Waals surface area contributed by atoms with Gasteiger partial charge < -0.3 is 18.9 Å². The molecule has 5 nitrogen and oxygen atoms in total. The summed E-state index contributed by atoms with van der Waals surface area (Å²) in [5, 5.41) is 0. The second kappa shape index (κ2) is 10.7. The summed E-state index contributed by atoms with van der Waals surface area (Å²) in [6.45, 7) is 2.08. The van der Waals surface area contributed by atoms with E-state index in [1.807, 2.05) is 31.2 Å². The summed E-state index contributed by atoms with van der Waals surface area (Å²) in [7, 11) is -0.581. The Hall–Kier alpha value is -3.74. The molecule has 0 bridgehead atoms. The van der Waals surface area contributed by atoms with Crippen molar-refractivity contribution in [2.24, 2.45) is 0 Å². The molecule has 0 saturated heterocycles. The number of benzene rings is 4. The second-order valence-corrected chi connectivity index (χ2v) is 10.0. The summed E-state index contributed by atoms with van der Waals surface area (Å²) in [6.07, 6.45) is 0. The molecule has 0 spiro atoms. The molecule has 0 fully saturated rings. The van der Waals surface area contributed by atoms with Crippen molar-refractivity contribution < 1.29 is 23.7 Å². The standard InChI is InChI=1S/C29H26O5S/c1-2-31-20-33-29(30)19-32-21-11-13-22(14-12-21)34-23-15-17-24(18-16-23)35-27-9-5-3-7-25(27)26-8-4-6-10-28(26)35/h3-18,35H,2,19-20H2,1H3. The van der Waals surface area contributed by atoms with Gasteiger partial charge in [0.15, 0.2) is 13.4 Å². The van der Waals surface area contributed by atoms with Crippen LogP contribution in [-0.2, 0) is 14.3 Å². The van der Waals surface area contributed by atoms with Crippen LogP contribution in [0.3, 0.4) is 0 Å². The van der Waals surface area contributed by atoms with E-state index in [0.29, 0.717) is 18.1 Å². The third kappa shape index (κ3) is 5.19. The van der Waals surface area contributed by atoms with E-state index in [4.69, 9.17) is 18.9 Å². The van der Waals surface area contributed by atoms with Gasteiger partial charge in [-0.05, 0) is 83.6 Å². The molecule has 6 heteroatoms. The van der Waals surface area contributed by atoms with E-state index in [1.54, 1.807) is 12.1 Å². The van der Waals surface area contributed by atoms with Crippen LogP contribution in [0.4, 0.5) is 0 Å². The summed E-state index contributed by atoms with van der Waals surface area (Å²) < 4.78 is 21.3. The number of hydrogen-bond donors (Lipinski definition) is 1. The molecular formula is C29H26O5S. The summed E-state index contributed by atoms with van der Waals surface area (Å²) in [5.41, 5.74) is 2.67. The number of rotatable bonds is 9. The van der Waals surface area contributed by atoms with Crippen LogP contribution >= 0.6 is 10.9 Å². The van der Waals surface area contributed by atoms with Gasteiger partial charge >= 0.3 is 5.97 Å². The first-order valence-corrected chi connectivity index (χ1v) is 12.8. The predicted octanol–water partition coefficient (Wildman–Crippen LogP) is 6.85. The van der Waals surface area contributed by atoms with Gasteiger partial charge in [0.25, 0.3) is 0 Å². The lowest BCUT2D eigenvalue weighted by molar-refractivity contribution is -0.158. The Morgan fingerprint density at radius 3 is 1.86 bits per heavy atom. The fourth-order valence-electron chi connectivity index (χ4n) is 3.98. The molecule has 4 aromatic carbocycles. The fourth-order valence-corrected chi connectivity index (χ4v) is 6.58. The quantitative estimate of drug-likeness (QED) is 0.107. The number of hydrogen-bond acceptors (Lipinski definition) is 5. The van der Waals surface area contributed by atoms with Gasteiger partial charge in [-0.2, -0.15) is 10.9 Å². The molecule has 1 aliphatic rings. The van der Waals surface area contributed by atoms with Crippen molar-refractivity contribution >= 4 is 16.9 Å². The molecule has 0 aliphatic carbocycles. The van der Waals surface area contributed by atoms with Gasteiger partial charge in [0.05, 0.1) is 0 Å². The second-order valence-electron chi connectivity index (χ2n) is 7.85. The third-order valence-electron chi connectivity index (χ3n) is 5.60.